The van der Waals surface area contributed by atoms with E-state index >= 15 is 0 Å². The summed E-state index contributed by atoms with van der Waals surface area (Å²) >= 11 is 3.42. The molecule has 2 N–H and O–H groups in total. The van der Waals surface area contributed by atoms with Gasteiger partial charge in [-0.2, -0.15) is 0 Å². The lowest BCUT2D eigenvalue weighted by atomic mass is 10.2. The molecule has 0 saturated heterocycles. The summed E-state index contributed by atoms with van der Waals surface area (Å²) in [6.45, 7) is 10.7. The number of nitrogens with zero attached hydrogens (tertiary/aromatic N) is 3. The number of nitrogens with one attached hydrogen (secondary N) is 2. The Morgan fingerprint density at radius 1 is 1.26 bits per heavy atom. The fourth-order valence-corrected chi connectivity index (χ4v) is 3.59. The molecule has 2 aromatic rings. The lowest BCUT2D eigenvalue weighted by molar-refractivity contribution is 0.787. The minimum Gasteiger partial charge on any atom is -0.357 e. The third kappa shape index (κ3) is 5.58. The number of aromatic nitrogens is 2. The summed E-state index contributed by atoms with van der Waals surface area (Å²) in [7, 11) is 0. The Balaban J connectivity index is 1.92. The van der Waals surface area contributed by atoms with Gasteiger partial charge in [0.1, 0.15) is 10.0 Å². The molecule has 0 bridgehead atoms. The molecule has 7 heteroatoms. The molecule has 0 unspecified atom stereocenters. The zero-order valence-electron chi connectivity index (χ0n) is 14.2. The van der Waals surface area contributed by atoms with E-state index in [1.807, 2.05) is 6.20 Å². The maximum Gasteiger partial charge on any atom is 0.192 e. The maximum absolute atomic E-state index is 4.64. The van der Waals surface area contributed by atoms with Crippen molar-refractivity contribution in [3.05, 3.63) is 32.2 Å². The van der Waals surface area contributed by atoms with E-state index in [9.17, 15) is 0 Å². The lowest BCUT2D eigenvalue weighted by Crippen LogP contribution is -2.36. The molecule has 0 radical (unpaired) electrons. The van der Waals surface area contributed by atoms with Gasteiger partial charge in [-0.15, -0.1) is 22.7 Å². The largest absolute Gasteiger partial charge is 0.357 e. The van der Waals surface area contributed by atoms with E-state index in [1.54, 1.807) is 22.7 Å². The van der Waals surface area contributed by atoms with E-state index < -0.39 is 0 Å². The van der Waals surface area contributed by atoms with Gasteiger partial charge in [-0.25, -0.2) is 15.0 Å². The highest BCUT2D eigenvalue weighted by molar-refractivity contribution is 7.11. The molecule has 0 aromatic carbocycles. The van der Waals surface area contributed by atoms with E-state index in [1.165, 1.54) is 4.88 Å². The molecular formula is C16H25N5S2. The van der Waals surface area contributed by atoms with Gasteiger partial charge in [0.25, 0.3) is 0 Å². The van der Waals surface area contributed by atoms with Crippen molar-refractivity contribution in [2.75, 3.05) is 6.54 Å². The van der Waals surface area contributed by atoms with Crippen molar-refractivity contribution in [1.29, 1.82) is 0 Å². The van der Waals surface area contributed by atoms with E-state index in [0.29, 0.717) is 19.0 Å². The molecule has 0 aliphatic heterocycles. The molecule has 2 aromatic heterocycles. The number of hydrogen-bond acceptors (Lipinski definition) is 5. The van der Waals surface area contributed by atoms with E-state index in [2.05, 4.69) is 58.7 Å². The van der Waals surface area contributed by atoms with Crippen LogP contribution in [0.4, 0.5) is 0 Å². The monoisotopic (exact) mass is 351 g/mol. The van der Waals surface area contributed by atoms with Gasteiger partial charge in [-0.05, 0) is 19.3 Å². The van der Waals surface area contributed by atoms with E-state index in [0.717, 1.165) is 34.6 Å². The zero-order chi connectivity index (χ0) is 16.7. The van der Waals surface area contributed by atoms with Crippen LogP contribution in [0, 0.1) is 0 Å². The van der Waals surface area contributed by atoms with Crippen LogP contribution in [0.2, 0.25) is 0 Å². The van der Waals surface area contributed by atoms with Crippen LogP contribution >= 0.6 is 22.7 Å². The van der Waals surface area contributed by atoms with Gasteiger partial charge >= 0.3 is 0 Å². The Labute approximate surface area is 146 Å². The molecule has 0 amide bonds. The number of aryl methyl sites for hydroxylation is 1. The van der Waals surface area contributed by atoms with Gasteiger partial charge < -0.3 is 10.6 Å². The Kier molecular flexibility index (Phi) is 6.98. The molecule has 0 aliphatic carbocycles. The number of aliphatic imine (C=N–C) groups is 1. The van der Waals surface area contributed by atoms with Crippen molar-refractivity contribution in [3.8, 4) is 0 Å². The summed E-state index contributed by atoms with van der Waals surface area (Å²) < 4.78 is 0. The smallest absolute Gasteiger partial charge is 0.192 e. The van der Waals surface area contributed by atoms with Crippen molar-refractivity contribution < 1.29 is 0 Å². The second kappa shape index (κ2) is 8.98. The second-order valence-electron chi connectivity index (χ2n) is 5.44. The van der Waals surface area contributed by atoms with Gasteiger partial charge in [0, 0.05) is 23.0 Å². The molecule has 0 atom stereocenters. The molecule has 5 nitrogen and oxygen atoms in total. The van der Waals surface area contributed by atoms with Gasteiger partial charge in [-0.1, -0.05) is 20.8 Å². The molecule has 2 heterocycles. The SMILES string of the molecule is CCNC(=NCc1ncc(CC)s1)NCc1nc(C(C)C)cs1. The molecule has 0 saturated carbocycles. The van der Waals surface area contributed by atoms with Crippen LogP contribution < -0.4 is 10.6 Å². The van der Waals surface area contributed by atoms with Crippen LogP contribution in [0.25, 0.3) is 0 Å². The summed E-state index contributed by atoms with van der Waals surface area (Å²) in [6, 6.07) is 0. The number of hydrogen-bond donors (Lipinski definition) is 2. The average molecular weight is 352 g/mol. The van der Waals surface area contributed by atoms with Gasteiger partial charge in [0.15, 0.2) is 5.96 Å². The molecule has 0 spiro atoms. The first-order valence-electron chi connectivity index (χ1n) is 8.02. The molecule has 0 fully saturated rings. The maximum atomic E-state index is 4.64. The standard InChI is InChI=1S/C16H25N5S2/c1-5-12-7-18-14(23-12)8-19-16(17-6-2)20-9-15-21-13(10-22-15)11(3)4/h7,10-11H,5-6,8-9H2,1-4H3,(H2,17,19,20). The zero-order valence-corrected chi connectivity index (χ0v) is 15.9. The first kappa shape index (κ1) is 17.9. The van der Waals surface area contributed by atoms with Crippen molar-refractivity contribution in [2.24, 2.45) is 4.99 Å². The minimum absolute atomic E-state index is 0.472. The third-order valence-corrected chi connectivity index (χ3v) is 5.23. The third-order valence-electron chi connectivity index (χ3n) is 3.23. The second-order valence-corrected chi connectivity index (χ2v) is 7.59. The number of rotatable bonds is 7. The predicted molar refractivity (Wildman–Crippen MR) is 99.4 cm³/mol. The lowest BCUT2D eigenvalue weighted by Gasteiger charge is -2.09. The van der Waals surface area contributed by atoms with Crippen molar-refractivity contribution >= 4 is 28.6 Å². The fraction of sp³-hybridized carbons (Fsp3) is 0.562. The summed E-state index contributed by atoms with van der Waals surface area (Å²) in [6.07, 6.45) is 2.97. The molecule has 2 rings (SSSR count). The van der Waals surface area contributed by atoms with Crippen molar-refractivity contribution in [2.45, 2.75) is 53.1 Å². The van der Waals surface area contributed by atoms with Gasteiger partial charge in [0.05, 0.1) is 18.8 Å². The molecule has 0 aliphatic rings. The predicted octanol–water partition coefficient (Wildman–Crippen LogP) is 3.54. The molecule has 126 valence electrons. The topological polar surface area (TPSA) is 62.2 Å². The van der Waals surface area contributed by atoms with Crippen molar-refractivity contribution in [1.82, 2.24) is 20.6 Å². The van der Waals surface area contributed by atoms with Crippen LogP contribution in [0.3, 0.4) is 0 Å². The summed E-state index contributed by atoms with van der Waals surface area (Å²) in [5.41, 5.74) is 1.16. The number of thiazole rings is 2. The highest BCUT2D eigenvalue weighted by atomic mass is 32.1. The minimum atomic E-state index is 0.472. The van der Waals surface area contributed by atoms with Crippen molar-refractivity contribution in [3.63, 3.8) is 0 Å². The summed E-state index contributed by atoms with van der Waals surface area (Å²) in [4.78, 5) is 15.0. The number of guanidine groups is 1. The average Bonchev–Trinajstić information content (AvgIpc) is 3.19. The fourth-order valence-electron chi connectivity index (χ4n) is 1.90. The summed E-state index contributed by atoms with van der Waals surface area (Å²) in [5.74, 6) is 1.28. The van der Waals surface area contributed by atoms with Crippen LogP contribution in [0.1, 0.15) is 54.2 Å². The quantitative estimate of drug-likeness (QED) is 0.592. The molecular weight excluding hydrogens is 326 g/mol. The van der Waals surface area contributed by atoms with Gasteiger partial charge in [-0.3, -0.25) is 0 Å². The van der Waals surface area contributed by atoms with Crippen LogP contribution in [0.15, 0.2) is 16.6 Å². The Morgan fingerprint density at radius 2 is 2.09 bits per heavy atom. The first-order chi connectivity index (χ1) is 11.1. The van der Waals surface area contributed by atoms with Gasteiger partial charge in [0.2, 0.25) is 0 Å². The molecule has 23 heavy (non-hydrogen) atoms. The van der Waals surface area contributed by atoms with E-state index in [4.69, 9.17) is 0 Å². The summed E-state index contributed by atoms with van der Waals surface area (Å²) in [5, 5.41) is 10.9. The highest BCUT2D eigenvalue weighted by Gasteiger charge is 2.07. The van der Waals surface area contributed by atoms with Crippen LogP contribution in [-0.4, -0.2) is 22.5 Å². The Morgan fingerprint density at radius 3 is 2.70 bits per heavy atom. The first-order valence-corrected chi connectivity index (χ1v) is 9.72. The highest BCUT2D eigenvalue weighted by Crippen LogP contribution is 2.17. The van der Waals surface area contributed by atoms with Crippen LogP contribution in [-0.2, 0) is 19.5 Å². The van der Waals surface area contributed by atoms with E-state index in [-0.39, 0.29) is 0 Å². The van der Waals surface area contributed by atoms with Crippen LogP contribution in [0.5, 0.6) is 0 Å². The normalized spacial score (nSPS) is 12.0. The Bertz CT molecular complexity index is 630. The Hall–Kier alpha value is -1.47.